The van der Waals surface area contributed by atoms with Crippen LogP contribution >= 0.6 is 0 Å². The van der Waals surface area contributed by atoms with Crippen LogP contribution in [-0.2, 0) is 9.53 Å². The van der Waals surface area contributed by atoms with Crippen LogP contribution in [0.2, 0.25) is 0 Å². The van der Waals surface area contributed by atoms with Crippen molar-refractivity contribution in [2.24, 2.45) is 5.92 Å². The zero-order valence-corrected chi connectivity index (χ0v) is 13.8. The molecule has 0 bridgehead atoms. The van der Waals surface area contributed by atoms with Crippen molar-refractivity contribution in [1.82, 2.24) is 10.2 Å². The topological polar surface area (TPSA) is 75.7 Å². The highest BCUT2D eigenvalue weighted by Crippen LogP contribution is 2.24. The first-order valence-corrected chi connectivity index (χ1v) is 8.42. The summed E-state index contributed by atoms with van der Waals surface area (Å²) in [7, 11) is 0. The fourth-order valence-corrected chi connectivity index (χ4v) is 3.26. The van der Waals surface area contributed by atoms with Crippen molar-refractivity contribution >= 4 is 17.7 Å². The van der Waals surface area contributed by atoms with Gasteiger partial charge in [0.2, 0.25) is 5.91 Å². The summed E-state index contributed by atoms with van der Waals surface area (Å²) in [5, 5.41) is 2.85. The number of rotatable bonds is 5. The third-order valence-electron chi connectivity index (χ3n) is 4.78. The molecule has 1 fully saturated rings. The predicted octanol–water partition coefficient (Wildman–Crippen LogP) is 1.60. The molecular weight excluding hydrogens is 308 g/mol. The fraction of sp³-hybridized carbons (Fsp3) is 0.500. The zero-order valence-electron chi connectivity index (χ0n) is 13.8. The van der Waals surface area contributed by atoms with Gasteiger partial charge in [-0.1, -0.05) is 12.1 Å². The number of amides is 3. The minimum Gasteiger partial charge on any atom is -0.381 e. The van der Waals surface area contributed by atoms with Gasteiger partial charge in [-0.15, -0.1) is 0 Å². The molecule has 2 aliphatic heterocycles. The molecule has 3 amide bonds. The molecule has 6 heteroatoms. The van der Waals surface area contributed by atoms with Crippen molar-refractivity contribution in [1.29, 1.82) is 0 Å². The predicted molar refractivity (Wildman–Crippen MR) is 87.6 cm³/mol. The van der Waals surface area contributed by atoms with Crippen LogP contribution in [0.4, 0.5) is 0 Å². The van der Waals surface area contributed by atoms with Gasteiger partial charge < -0.3 is 10.1 Å². The Kier molecular flexibility index (Phi) is 4.94. The number of carbonyl (C=O) groups excluding carboxylic acids is 3. The van der Waals surface area contributed by atoms with Crippen LogP contribution in [0, 0.1) is 5.92 Å². The summed E-state index contributed by atoms with van der Waals surface area (Å²) >= 11 is 0. The summed E-state index contributed by atoms with van der Waals surface area (Å²) in [4.78, 5) is 38.2. The van der Waals surface area contributed by atoms with Crippen LogP contribution in [0.5, 0.6) is 0 Å². The fourth-order valence-electron chi connectivity index (χ4n) is 3.26. The first-order valence-electron chi connectivity index (χ1n) is 8.42. The molecule has 1 saturated heterocycles. The molecule has 1 aromatic rings. The third-order valence-corrected chi connectivity index (χ3v) is 4.78. The summed E-state index contributed by atoms with van der Waals surface area (Å²) in [5.41, 5.74) is 0.730. The molecule has 0 radical (unpaired) electrons. The minimum absolute atomic E-state index is 0.295. The molecule has 0 saturated carbocycles. The lowest BCUT2D eigenvalue weighted by atomic mass is 9.97. The first kappa shape index (κ1) is 16.6. The van der Waals surface area contributed by atoms with E-state index in [1.807, 2.05) is 0 Å². The Bertz CT molecular complexity index is 617. The van der Waals surface area contributed by atoms with Gasteiger partial charge in [0, 0.05) is 19.8 Å². The number of hydrogen-bond acceptors (Lipinski definition) is 4. The molecular formula is C18H22N2O4. The Morgan fingerprint density at radius 3 is 2.38 bits per heavy atom. The molecule has 6 nitrogen and oxygen atoms in total. The number of hydrogen-bond donors (Lipinski definition) is 1. The zero-order chi connectivity index (χ0) is 17.1. The Morgan fingerprint density at radius 1 is 1.21 bits per heavy atom. The van der Waals surface area contributed by atoms with E-state index in [2.05, 4.69) is 5.32 Å². The average molecular weight is 330 g/mol. The number of nitrogens with one attached hydrogen (secondary N) is 1. The van der Waals surface area contributed by atoms with Crippen LogP contribution < -0.4 is 5.32 Å². The van der Waals surface area contributed by atoms with E-state index in [1.165, 1.54) is 0 Å². The lowest BCUT2D eigenvalue weighted by Gasteiger charge is -2.24. The van der Waals surface area contributed by atoms with Crippen molar-refractivity contribution in [3.05, 3.63) is 35.4 Å². The second kappa shape index (κ2) is 7.13. The van der Waals surface area contributed by atoms with Crippen molar-refractivity contribution in [2.75, 3.05) is 19.8 Å². The molecule has 128 valence electrons. The maximum Gasteiger partial charge on any atom is 0.262 e. The number of fused-ring (bicyclic) bond motifs is 1. The van der Waals surface area contributed by atoms with Crippen LogP contribution in [0.3, 0.4) is 0 Å². The maximum atomic E-state index is 12.4. The lowest BCUT2D eigenvalue weighted by Crippen LogP contribution is -2.48. The number of ether oxygens (including phenoxy) is 1. The van der Waals surface area contributed by atoms with Gasteiger partial charge in [-0.25, -0.2) is 0 Å². The van der Waals surface area contributed by atoms with E-state index in [1.54, 1.807) is 31.2 Å². The van der Waals surface area contributed by atoms with Crippen molar-refractivity contribution < 1.29 is 19.1 Å². The number of benzene rings is 1. The molecule has 1 atom stereocenters. The van der Waals surface area contributed by atoms with Crippen molar-refractivity contribution in [2.45, 2.75) is 32.2 Å². The molecule has 2 aliphatic rings. The van der Waals surface area contributed by atoms with E-state index in [0.29, 0.717) is 23.6 Å². The molecule has 0 aliphatic carbocycles. The van der Waals surface area contributed by atoms with Crippen molar-refractivity contribution in [3.8, 4) is 0 Å². The second-order valence-corrected chi connectivity index (χ2v) is 6.34. The van der Waals surface area contributed by atoms with Crippen LogP contribution in [-0.4, -0.2) is 48.4 Å². The summed E-state index contributed by atoms with van der Waals surface area (Å²) in [6.45, 7) is 3.70. The Labute approximate surface area is 141 Å². The molecule has 3 rings (SSSR count). The first-order chi connectivity index (χ1) is 11.6. The third kappa shape index (κ3) is 3.19. The largest absolute Gasteiger partial charge is 0.381 e. The normalized spacial score (nSPS) is 19.3. The SMILES string of the molecule is CC(C(=O)NCCC1CCOCC1)N1C(=O)c2ccccc2C1=O. The molecule has 24 heavy (non-hydrogen) atoms. The highest BCUT2D eigenvalue weighted by atomic mass is 16.5. The van der Waals surface area contributed by atoms with E-state index in [0.717, 1.165) is 37.4 Å². The van der Waals surface area contributed by atoms with Gasteiger partial charge in [-0.05, 0) is 44.2 Å². The maximum absolute atomic E-state index is 12.4. The van der Waals surface area contributed by atoms with E-state index in [9.17, 15) is 14.4 Å². The number of imide groups is 1. The van der Waals surface area contributed by atoms with Crippen LogP contribution in [0.25, 0.3) is 0 Å². The smallest absolute Gasteiger partial charge is 0.262 e. The standard InChI is InChI=1S/C18H22N2O4/c1-12(16(21)19-9-6-13-7-10-24-11-8-13)20-17(22)14-4-2-3-5-15(14)18(20)23/h2-5,12-13H,6-11H2,1H3,(H,19,21). The van der Waals surface area contributed by atoms with Gasteiger partial charge in [0.15, 0.2) is 0 Å². The average Bonchev–Trinajstić information content (AvgIpc) is 2.86. The second-order valence-electron chi connectivity index (χ2n) is 6.34. The summed E-state index contributed by atoms with van der Waals surface area (Å²) in [6.07, 6.45) is 2.93. The Hall–Kier alpha value is -2.21. The highest BCUT2D eigenvalue weighted by Gasteiger charge is 2.40. The van der Waals surface area contributed by atoms with Gasteiger partial charge in [-0.3, -0.25) is 19.3 Å². The highest BCUT2D eigenvalue weighted by molar-refractivity contribution is 6.22. The number of carbonyl (C=O) groups is 3. The van der Waals surface area contributed by atoms with Gasteiger partial charge in [-0.2, -0.15) is 0 Å². The van der Waals surface area contributed by atoms with Crippen LogP contribution in [0.15, 0.2) is 24.3 Å². The van der Waals surface area contributed by atoms with Gasteiger partial charge in [0.05, 0.1) is 11.1 Å². The quantitative estimate of drug-likeness (QED) is 0.832. The number of nitrogens with zero attached hydrogens (tertiary/aromatic N) is 1. The monoisotopic (exact) mass is 330 g/mol. The van der Waals surface area contributed by atoms with Gasteiger partial charge in [0.25, 0.3) is 11.8 Å². The molecule has 1 aromatic carbocycles. The van der Waals surface area contributed by atoms with E-state index in [-0.39, 0.29) is 5.91 Å². The van der Waals surface area contributed by atoms with E-state index >= 15 is 0 Å². The summed E-state index contributed by atoms with van der Waals surface area (Å²) in [6, 6.07) is 5.85. The minimum atomic E-state index is -0.813. The van der Waals surface area contributed by atoms with E-state index in [4.69, 9.17) is 4.74 Å². The molecule has 0 aromatic heterocycles. The molecule has 2 heterocycles. The summed E-state index contributed by atoms with van der Waals surface area (Å²) < 4.78 is 5.32. The van der Waals surface area contributed by atoms with Crippen LogP contribution in [0.1, 0.15) is 46.9 Å². The summed E-state index contributed by atoms with van der Waals surface area (Å²) in [5.74, 6) is -0.532. The molecule has 1 N–H and O–H groups in total. The lowest BCUT2D eigenvalue weighted by molar-refractivity contribution is -0.124. The molecule has 0 spiro atoms. The Balaban J connectivity index is 1.56. The Morgan fingerprint density at radius 2 is 1.79 bits per heavy atom. The van der Waals surface area contributed by atoms with Gasteiger partial charge in [0.1, 0.15) is 6.04 Å². The molecule has 1 unspecified atom stereocenters. The van der Waals surface area contributed by atoms with E-state index < -0.39 is 17.9 Å². The van der Waals surface area contributed by atoms with Gasteiger partial charge >= 0.3 is 0 Å². The van der Waals surface area contributed by atoms with Crippen molar-refractivity contribution in [3.63, 3.8) is 0 Å².